The number of hydrogen-bond acceptors (Lipinski definition) is 4. The van der Waals surface area contributed by atoms with E-state index in [0.29, 0.717) is 5.56 Å². The number of pyridine rings is 1. The van der Waals surface area contributed by atoms with E-state index < -0.39 is 20.9 Å². The molecule has 0 spiro atoms. The molecule has 0 bridgehead atoms. The van der Waals surface area contributed by atoms with Gasteiger partial charge in [-0.25, -0.2) is 12.8 Å². The molecule has 1 heterocycles. The number of nitrogens with zero attached hydrogens (tertiary/aromatic N) is 1. The summed E-state index contributed by atoms with van der Waals surface area (Å²) in [7, 11) is -3.81. The van der Waals surface area contributed by atoms with E-state index in [1.807, 2.05) is 0 Å². The summed E-state index contributed by atoms with van der Waals surface area (Å²) in [5, 5.41) is 1.53. The predicted octanol–water partition coefficient (Wildman–Crippen LogP) is 2.18. The largest absolute Gasteiger partial charge is 0.355 e. The summed E-state index contributed by atoms with van der Waals surface area (Å²) < 4.78 is 39.2. The third-order valence-corrected chi connectivity index (χ3v) is 5.52. The number of sulfone groups is 1. The minimum atomic E-state index is -3.81. The highest BCUT2D eigenvalue weighted by atomic mass is 32.2. The Bertz CT molecular complexity index is 807. The van der Waals surface area contributed by atoms with E-state index in [0.717, 1.165) is 6.07 Å². The quantitative estimate of drug-likeness (QED) is 0.849. The van der Waals surface area contributed by atoms with Crippen molar-refractivity contribution in [1.29, 1.82) is 0 Å². The molecule has 1 aromatic carbocycles. The van der Waals surface area contributed by atoms with Crippen molar-refractivity contribution in [3.63, 3.8) is 0 Å². The van der Waals surface area contributed by atoms with E-state index in [4.69, 9.17) is 0 Å². The van der Waals surface area contributed by atoms with Gasteiger partial charge in [0, 0.05) is 25.9 Å². The van der Waals surface area contributed by atoms with Gasteiger partial charge in [-0.15, -0.1) is 0 Å². The van der Waals surface area contributed by atoms with Crippen LogP contribution in [0.3, 0.4) is 0 Å². The Labute approximate surface area is 134 Å². The zero-order valence-corrected chi connectivity index (χ0v) is 13.6. The first-order chi connectivity index (χ1) is 10.8. The van der Waals surface area contributed by atoms with Crippen molar-refractivity contribution in [3.8, 4) is 0 Å². The van der Waals surface area contributed by atoms with Crippen molar-refractivity contribution < 1.29 is 17.6 Å². The molecule has 1 N–H and O–H groups in total. The Hall–Kier alpha value is -2.28. The van der Waals surface area contributed by atoms with E-state index in [1.54, 1.807) is 12.1 Å². The van der Waals surface area contributed by atoms with Gasteiger partial charge in [0.1, 0.15) is 11.1 Å². The summed E-state index contributed by atoms with van der Waals surface area (Å²) in [6.07, 6.45) is 2.98. The van der Waals surface area contributed by atoms with Gasteiger partial charge in [-0.05, 0) is 42.3 Å². The van der Waals surface area contributed by atoms with Crippen LogP contribution >= 0.6 is 0 Å². The third kappa shape index (κ3) is 3.92. The molecular formula is C16H17FN2O3S. The van der Waals surface area contributed by atoms with Crippen molar-refractivity contribution in [2.75, 3.05) is 6.54 Å². The van der Waals surface area contributed by atoms with Gasteiger partial charge in [0.25, 0.3) is 0 Å². The standard InChI is InChI=1S/C16H17FN2O3S/c1-11-8-14(5-6-15(11)17)23(21,22)16(10-19-12(2)20)13-4-3-7-18-9-13/h3-9,16H,10H2,1-2H3,(H,19,20). The zero-order chi connectivity index (χ0) is 17.0. The molecule has 1 amide bonds. The van der Waals surface area contributed by atoms with Gasteiger partial charge < -0.3 is 5.32 Å². The van der Waals surface area contributed by atoms with Crippen molar-refractivity contribution >= 4 is 15.7 Å². The number of aromatic nitrogens is 1. The number of aryl methyl sites for hydroxylation is 1. The normalized spacial score (nSPS) is 12.7. The lowest BCUT2D eigenvalue weighted by molar-refractivity contribution is -0.118. The number of halogens is 1. The number of benzene rings is 1. The third-order valence-electron chi connectivity index (χ3n) is 3.43. The summed E-state index contributed by atoms with van der Waals surface area (Å²) in [6.45, 7) is 2.73. The molecule has 0 radical (unpaired) electrons. The Balaban J connectivity index is 2.47. The molecule has 7 heteroatoms. The van der Waals surface area contributed by atoms with E-state index in [-0.39, 0.29) is 22.9 Å². The number of nitrogens with one attached hydrogen (secondary N) is 1. The SMILES string of the molecule is CC(=O)NCC(c1cccnc1)S(=O)(=O)c1ccc(F)c(C)c1. The lowest BCUT2D eigenvalue weighted by Crippen LogP contribution is -2.30. The molecular weight excluding hydrogens is 319 g/mol. The molecule has 5 nitrogen and oxygen atoms in total. The number of amides is 1. The van der Waals surface area contributed by atoms with Crippen molar-refractivity contribution in [3.05, 3.63) is 59.7 Å². The Morgan fingerprint density at radius 1 is 1.35 bits per heavy atom. The molecule has 0 aliphatic rings. The molecule has 1 unspecified atom stereocenters. The number of hydrogen-bond donors (Lipinski definition) is 1. The molecule has 0 aliphatic carbocycles. The number of carbonyl (C=O) groups is 1. The molecule has 23 heavy (non-hydrogen) atoms. The average molecular weight is 336 g/mol. The van der Waals surface area contributed by atoms with Crippen LogP contribution < -0.4 is 5.32 Å². The van der Waals surface area contributed by atoms with Crippen LogP contribution in [0.25, 0.3) is 0 Å². The van der Waals surface area contributed by atoms with Crippen molar-refractivity contribution in [2.24, 2.45) is 0 Å². The molecule has 0 aliphatic heterocycles. The van der Waals surface area contributed by atoms with Crippen LogP contribution in [0.4, 0.5) is 4.39 Å². The van der Waals surface area contributed by atoms with Gasteiger partial charge in [0.2, 0.25) is 5.91 Å². The van der Waals surface area contributed by atoms with Gasteiger partial charge in [-0.3, -0.25) is 9.78 Å². The summed E-state index contributed by atoms with van der Waals surface area (Å²) in [6, 6.07) is 6.91. The van der Waals surface area contributed by atoms with E-state index in [1.165, 1.54) is 38.4 Å². The van der Waals surface area contributed by atoms with Gasteiger partial charge in [-0.2, -0.15) is 0 Å². The van der Waals surface area contributed by atoms with Crippen LogP contribution in [-0.4, -0.2) is 25.9 Å². The second-order valence-corrected chi connectivity index (χ2v) is 7.30. The molecule has 1 atom stereocenters. The minimum Gasteiger partial charge on any atom is -0.355 e. The first-order valence-electron chi connectivity index (χ1n) is 6.97. The molecule has 0 saturated heterocycles. The maximum Gasteiger partial charge on any atom is 0.216 e. The van der Waals surface area contributed by atoms with Crippen molar-refractivity contribution in [1.82, 2.24) is 10.3 Å². The zero-order valence-electron chi connectivity index (χ0n) is 12.8. The van der Waals surface area contributed by atoms with Gasteiger partial charge in [0.15, 0.2) is 9.84 Å². The molecule has 122 valence electrons. The Kier molecular flexibility index (Phi) is 5.10. The average Bonchev–Trinajstić information content (AvgIpc) is 2.50. The summed E-state index contributed by atoms with van der Waals surface area (Å²) in [5.74, 6) is -0.798. The fraction of sp³-hybridized carbons (Fsp3) is 0.250. The number of carbonyl (C=O) groups excluding carboxylic acids is 1. The van der Waals surface area contributed by atoms with Gasteiger partial charge >= 0.3 is 0 Å². The molecule has 2 aromatic rings. The van der Waals surface area contributed by atoms with Crippen LogP contribution in [0.15, 0.2) is 47.6 Å². The summed E-state index contributed by atoms with van der Waals surface area (Å²) in [5.41, 5.74) is 0.707. The second kappa shape index (κ2) is 6.87. The van der Waals surface area contributed by atoms with Crippen LogP contribution in [0.1, 0.15) is 23.3 Å². The van der Waals surface area contributed by atoms with Crippen LogP contribution in [0, 0.1) is 12.7 Å². The van der Waals surface area contributed by atoms with Crippen molar-refractivity contribution in [2.45, 2.75) is 24.0 Å². The second-order valence-electron chi connectivity index (χ2n) is 5.17. The first-order valence-corrected chi connectivity index (χ1v) is 8.51. The maximum absolute atomic E-state index is 13.4. The fourth-order valence-corrected chi connectivity index (χ4v) is 3.90. The van der Waals surface area contributed by atoms with E-state index in [2.05, 4.69) is 10.3 Å². The lowest BCUT2D eigenvalue weighted by atomic mass is 10.2. The first kappa shape index (κ1) is 17.1. The molecule has 2 rings (SSSR count). The van der Waals surface area contributed by atoms with E-state index >= 15 is 0 Å². The summed E-state index contributed by atoms with van der Waals surface area (Å²) in [4.78, 5) is 15.1. The highest BCUT2D eigenvalue weighted by Gasteiger charge is 2.30. The highest BCUT2D eigenvalue weighted by molar-refractivity contribution is 7.91. The predicted molar refractivity (Wildman–Crippen MR) is 84.0 cm³/mol. The number of rotatable bonds is 5. The van der Waals surface area contributed by atoms with E-state index in [9.17, 15) is 17.6 Å². The smallest absolute Gasteiger partial charge is 0.216 e. The highest BCUT2D eigenvalue weighted by Crippen LogP contribution is 2.29. The topological polar surface area (TPSA) is 76.1 Å². The molecule has 0 saturated carbocycles. The minimum absolute atomic E-state index is 0.00982. The Morgan fingerprint density at radius 3 is 2.65 bits per heavy atom. The summed E-state index contributed by atoms with van der Waals surface area (Å²) >= 11 is 0. The van der Waals surface area contributed by atoms with Crippen LogP contribution in [-0.2, 0) is 14.6 Å². The monoisotopic (exact) mass is 336 g/mol. The van der Waals surface area contributed by atoms with Crippen LogP contribution in [0.2, 0.25) is 0 Å². The molecule has 1 aromatic heterocycles. The maximum atomic E-state index is 13.4. The molecule has 0 fully saturated rings. The Morgan fingerprint density at radius 2 is 2.09 bits per heavy atom. The lowest BCUT2D eigenvalue weighted by Gasteiger charge is -2.18. The fourth-order valence-electron chi connectivity index (χ4n) is 2.17. The van der Waals surface area contributed by atoms with Gasteiger partial charge in [0.05, 0.1) is 4.90 Å². The van der Waals surface area contributed by atoms with Crippen LogP contribution in [0.5, 0.6) is 0 Å². The van der Waals surface area contributed by atoms with Gasteiger partial charge in [-0.1, -0.05) is 6.07 Å².